The van der Waals surface area contributed by atoms with Gasteiger partial charge in [-0.2, -0.15) is 0 Å². The van der Waals surface area contributed by atoms with E-state index in [1.165, 1.54) is 0 Å². The van der Waals surface area contributed by atoms with Crippen LogP contribution in [0.5, 0.6) is 11.5 Å². The van der Waals surface area contributed by atoms with Crippen LogP contribution in [0.1, 0.15) is 20.8 Å². The maximum absolute atomic E-state index is 12.7. The zero-order chi connectivity index (χ0) is 15.3. The largest absolute Gasteiger partial charge is 0.568 e. The van der Waals surface area contributed by atoms with Gasteiger partial charge in [-0.1, -0.05) is 16.6 Å². The van der Waals surface area contributed by atoms with Crippen LogP contribution in [-0.2, 0) is 18.1 Å². The van der Waals surface area contributed by atoms with Gasteiger partial charge in [-0.3, -0.25) is 0 Å². The fraction of sp³-hybridized carbons (Fsp3) is 0.500. The summed E-state index contributed by atoms with van der Waals surface area (Å²) in [5.74, 6) is 0.763. The zero-order valence-corrected chi connectivity index (χ0v) is 14.0. The van der Waals surface area contributed by atoms with E-state index in [0.29, 0.717) is 31.3 Å². The van der Waals surface area contributed by atoms with E-state index in [9.17, 15) is 4.57 Å². The SMILES string of the molecule is CCOP(=NP1(=O)Oc2ccccc2O1)(OCC)OCC. The molecule has 2 rings (SSSR count). The van der Waals surface area contributed by atoms with Gasteiger partial charge in [-0.05, 0) is 32.9 Å². The van der Waals surface area contributed by atoms with Crippen molar-refractivity contribution in [1.82, 2.24) is 0 Å². The summed E-state index contributed by atoms with van der Waals surface area (Å²) >= 11 is 0. The summed E-state index contributed by atoms with van der Waals surface area (Å²) in [5, 5.41) is 0. The summed E-state index contributed by atoms with van der Waals surface area (Å²) in [4.78, 5) is 0. The highest BCUT2D eigenvalue weighted by Gasteiger charge is 2.41. The molecule has 0 fully saturated rings. The van der Waals surface area contributed by atoms with E-state index >= 15 is 0 Å². The molecule has 1 aliphatic heterocycles. The first-order valence-electron chi connectivity index (χ1n) is 6.72. The summed E-state index contributed by atoms with van der Waals surface area (Å²) in [5.41, 5.74) is 0. The van der Waals surface area contributed by atoms with Gasteiger partial charge in [-0.15, -0.1) is 0 Å². The molecule has 118 valence electrons. The number of fused-ring (bicyclic) bond motifs is 1. The van der Waals surface area contributed by atoms with E-state index in [0.717, 1.165) is 0 Å². The maximum atomic E-state index is 12.7. The molecule has 0 spiro atoms. The van der Waals surface area contributed by atoms with Gasteiger partial charge in [-0.25, -0.2) is 4.57 Å². The minimum atomic E-state index is -3.76. The van der Waals surface area contributed by atoms with Crippen molar-refractivity contribution in [3.05, 3.63) is 24.3 Å². The van der Waals surface area contributed by atoms with E-state index in [1.54, 1.807) is 45.0 Å². The average Bonchev–Trinajstić information content (AvgIpc) is 2.74. The van der Waals surface area contributed by atoms with Crippen LogP contribution in [0.4, 0.5) is 0 Å². The zero-order valence-electron chi connectivity index (χ0n) is 12.2. The van der Waals surface area contributed by atoms with Crippen molar-refractivity contribution in [3.8, 4) is 11.5 Å². The van der Waals surface area contributed by atoms with Crippen LogP contribution in [0.15, 0.2) is 28.8 Å². The summed E-state index contributed by atoms with van der Waals surface area (Å²) in [6.45, 7) is 6.27. The second-order valence-corrected chi connectivity index (χ2v) is 7.64. The molecule has 1 heterocycles. The third kappa shape index (κ3) is 3.87. The highest BCUT2D eigenvalue weighted by molar-refractivity contribution is 7.64. The Labute approximate surface area is 124 Å². The van der Waals surface area contributed by atoms with Gasteiger partial charge in [0.05, 0.1) is 19.8 Å². The third-order valence-electron chi connectivity index (χ3n) is 2.37. The van der Waals surface area contributed by atoms with Gasteiger partial charge >= 0.3 is 15.5 Å². The van der Waals surface area contributed by atoms with Crippen LogP contribution in [0, 0.1) is 0 Å². The molecule has 0 unspecified atom stereocenters. The Morgan fingerprint density at radius 3 is 1.81 bits per heavy atom. The molecule has 0 bridgehead atoms. The molecule has 0 saturated carbocycles. The molecule has 9 heteroatoms. The molecular weight excluding hydrogens is 316 g/mol. The van der Waals surface area contributed by atoms with Gasteiger partial charge in [0.1, 0.15) is 0 Å². The van der Waals surface area contributed by atoms with Crippen LogP contribution in [-0.4, -0.2) is 19.8 Å². The number of rotatable bonds is 7. The molecule has 0 saturated heterocycles. The van der Waals surface area contributed by atoms with Crippen LogP contribution in [0.25, 0.3) is 0 Å². The summed E-state index contributed by atoms with van der Waals surface area (Å²) in [7, 11) is -6.89. The van der Waals surface area contributed by atoms with Crippen molar-refractivity contribution in [2.45, 2.75) is 20.8 Å². The lowest BCUT2D eigenvalue weighted by atomic mass is 10.3. The first-order valence-corrected chi connectivity index (χ1v) is 9.71. The lowest BCUT2D eigenvalue weighted by molar-refractivity contribution is 0.163. The van der Waals surface area contributed by atoms with E-state index in [-0.39, 0.29) is 0 Å². The molecule has 0 atom stereocenters. The fourth-order valence-corrected chi connectivity index (χ4v) is 5.74. The Hall–Kier alpha value is -0.840. The van der Waals surface area contributed by atoms with Crippen molar-refractivity contribution in [2.75, 3.05) is 19.8 Å². The minimum Gasteiger partial charge on any atom is -0.395 e. The van der Waals surface area contributed by atoms with Crippen molar-refractivity contribution in [2.24, 2.45) is 4.52 Å². The monoisotopic (exact) mass is 335 g/mol. The molecule has 0 N–H and O–H groups in total. The topological polar surface area (TPSA) is 75.6 Å². The Kier molecular flexibility index (Phi) is 5.47. The Balaban J connectivity index is 2.36. The number of hydrogen-bond donors (Lipinski definition) is 0. The molecule has 7 nitrogen and oxygen atoms in total. The molecule has 0 aromatic heterocycles. The van der Waals surface area contributed by atoms with E-state index in [1.807, 2.05) is 0 Å². The second kappa shape index (κ2) is 6.95. The normalized spacial score (nSPS) is 16.0. The van der Waals surface area contributed by atoms with Crippen LogP contribution in [0.3, 0.4) is 0 Å². The molecule has 1 aromatic carbocycles. The molecule has 0 radical (unpaired) electrons. The average molecular weight is 335 g/mol. The highest BCUT2D eigenvalue weighted by atomic mass is 31.2. The number of benzene rings is 1. The lowest BCUT2D eigenvalue weighted by Crippen LogP contribution is -2.02. The van der Waals surface area contributed by atoms with E-state index < -0.39 is 15.5 Å². The molecule has 21 heavy (non-hydrogen) atoms. The second-order valence-electron chi connectivity index (χ2n) is 3.91. The fourth-order valence-electron chi connectivity index (χ4n) is 1.72. The van der Waals surface area contributed by atoms with Crippen LogP contribution in [0.2, 0.25) is 0 Å². The first kappa shape index (κ1) is 16.5. The first-order chi connectivity index (χ1) is 10.1. The number of nitrogens with zero attached hydrogens (tertiary/aromatic N) is 1. The smallest absolute Gasteiger partial charge is 0.395 e. The summed E-state index contributed by atoms with van der Waals surface area (Å²) < 4.78 is 44.0. The number of para-hydroxylation sites is 2. The quantitative estimate of drug-likeness (QED) is 0.677. The summed E-state index contributed by atoms with van der Waals surface area (Å²) in [6, 6.07) is 6.83. The Morgan fingerprint density at radius 1 is 1.00 bits per heavy atom. The van der Waals surface area contributed by atoms with Crippen molar-refractivity contribution in [3.63, 3.8) is 0 Å². The van der Waals surface area contributed by atoms with Crippen molar-refractivity contribution in [1.29, 1.82) is 0 Å². The van der Waals surface area contributed by atoms with Gasteiger partial charge in [0, 0.05) is 0 Å². The third-order valence-corrected chi connectivity index (χ3v) is 6.73. The van der Waals surface area contributed by atoms with Gasteiger partial charge in [0.25, 0.3) is 0 Å². The Bertz CT molecular complexity index is 538. The summed E-state index contributed by atoms with van der Waals surface area (Å²) in [6.07, 6.45) is 0. The predicted octanol–water partition coefficient (Wildman–Crippen LogP) is 4.62. The number of hydrogen-bond acceptors (Lipinski definition) is 6. The van der Waals surface area contributed by atoms with Crippen molar-refractivity contribution < 1.29 is 27.2 Å². The van der Waals surface area contributed by atoms with Crippen LogP contribution >= 0.6 is 15.5 Å². The van der Waals surface area contributed by atoms with Crippen molar-refractivity contribution >= 4 is 15.5 Å². The van der Waals surface area contributed by atoms with Crippen LogP contribution < -0.4 is 9.05 Å². The lowest BCUT2D eigenvalue weighted by Gasteiger charge is -2.22. The van der Waals surface area contributed by atoms with Gasteiger partial charge < -0.3 is 22.6 Å². The van der Waals surface area contributed by atoms with Gasteiger partial charge in [0.15, 0.2) is 11.5 Å². The Morgan fingerprint density at radius 2 is 1.43 bits per heavy atom. The molecule has 0 amide bonds. The van der Waals surface area contributed by atoms with E-state index in [4.69, 9.17) is 22.6 Å². The molecular formula is C12H19NO6P2. The molecule has 0 aliphatic carbocycles. The predicted molar refractivity (Wildman–Crippen MR) is 79.5 cm³/mol. The molecule has 1 aromatic rings. The maximum Gasteiger partial charge on any atom is 0.568 e. The van der Waals surface area contributed by atoms with E-state index in [2.05, 4.69) is 4.52 Å². The highest BCUT2D eigenvalue weighted by Crippen LogP contribution is 2.68. The standard InChI is InChI=1S/C12H19NO6P2/c1-4-15-21(16-5-2,17-6-3)13-20(14)18-11-9-7-8-10-12(11)19-20/h7-10H,4-6H2,1-3H3. The minimum absolute atomic E-state index is 0.310. The molecule has 1 aliphatic rings. The van der Waals surface area contributed by atoms with Gasteiger partial charge in [0.2, 0.25) is 0 Å².